The van der Waals surface area contributed by atoms with Crippen LogP contribution < -0.4 is 0 Å². The third kappa shape index (κ3) is 2.85. The molecule has 0 radical (unpaired) electrons. The molecule has 0 saturated carbocycles. The van der Waals surface area contributed by atoms with E-state index >= 15 is 0 Å². The van der Waals surface area contributed by atoms with Gasteiger partial charge in [0.1, 0.15) is 12.0 Å². The van der Waals surface area contributed by atoms with Crippen LogP contribution in [0.1, 0.15) is 24.9 Å². The number of aliphatic hydroxyl groups excluding tert-OH is 1. The minimum atomic E-state index is -0.482. The molecule has 0 unspecified atom stereocenters. The zero-order valence-corrected chi connectivity index (χ0v) is 8.53. The SMILES string of the molecule is C=CC[C@H](O)/C(C)=C/c1coc(C)n1. The maximum Gasteiger partial charge on any atom is 0.191 e. The fraction of sp³-hybridized carbons (Fsp3) is 0.364. The fourth-order valence-electron chi connectivity index (χ4n) is 1.12. The Hall–Kier alpha value is -1.35. The van der Waals surface area contributed by atoms with E-state index in [1.165, 1.54) is 0 Å². The lowest BCUT2D eigenvalue weighted by atomic mass is 10.1. The van der Waals surface area contributed by atoms with Gasteiger partial charge < -0.3 is 9.52 Å². The Morgan fingerprint density at radius 1 is 1.79 bits per heavy atom. The van der Waals surface area contributed by atoms with Crippen molar-refractivity contribution in [3.8, 4) is 0 Å². The molecule has 1 atom stereocenters. The zero-order chi connectivity index (χ0) is 10.6. The largest absolute Gasteiger partial charge is 0.449 e. The van der Waals surface area contributed by atoms with Crippen LogP contribution in [0.4, 0.5) is 0 Å². The molecule has 1 aromatic heterocycles. The molecule has 0 saturated heterocycles. The first-order valence-corrected chi connectivity index (χ1v) is 4.52. The molecule has 1 rings (SSSR count). The second kappa shape index (κ2) is 4.77. The topological polar surface area (TPSA) is 46.3 Å². The molecule has 1 heterocycles. The van der Waals surface area contributed by atoms with E-state index in [1.807, 2.05) is 13.0 Å². The Kier molecular flexibility index (Phi) is 3.65. The van der Waals surface area contributed by atoms with Crippen LogP contribution >= 0.6 is 0 Å². The molecule has 0 amide bonds. The quantitative estimate of drug-likeness (QED) is 0.746. The van der Waals surface area contributed by atoms with Crippen molar-refractivity contribution in [2.24, 2.45) is 0 Å². The molecular formula is C11H15NO2. The molecule has 0 aliphatic rings. The van der Waals surface area contributed by atoms with Gasteiger partial charge in [-0.05, 0) is 25.0 Å². The van der Waals surface area contributed by atoms with E-state index in [2.05, 4.69) is 11.6 Å². The van der Waals surface area contributed by atoms with Crippen molar-refractivity contribution in [3.63, 3.8) is 0 Å². The molecule has 1 aromatic rings. The van der Waals surface area contributed by atoms with Gasteiger partial charge in [-0.15, -0.1) is 6.58 Å². The van der Waals surface area contributed by atoms with Crippen LogP contribution in [0.25, 0.3) is 6.08 Å². The Morgan fingerprint density at radius 3 is 3.00 bits per heavy atom. The van der Waals surface area contributed by atoms with Crippen molar-refractivity contribution in [2.75, 3.05) is 0 Å². The Labute approximate surface area is 83.8 Å². The highest BCUT2D eigenvalue weighted by Crippen LogP contribution is 2.11. The number of aryl methyl sites for hydroxylation is 1. The first-order valence-electron chi connectivity index (χ1n) is 4.52. The van der Waals surface area contributed by atoms with Gasteiger partial charge in [0.05, 0.1) is 6.10 Å². The van der Waals surface area contributed by atoms with Crippen molar-refractivity contribution in [2.45, 2.75) is 26.4 Å². The lowest BCUT2D eigenvalue weighted by Crippen LogP contribution is -2.05. The summed E-state index contributed by atoms with van der Waals surface area (Å²) < 4.78 is 5.05. The standard InChI is InChI=1S/C11H15NO2/c1-4-5-11(13)8(2)6-10-7-14-9(3)12-10/h4,6-7,11,13H,1,5H2,2-3H3/b8-6+/t11-/m0/s1. The van der Waals surface area contributed by atoms with E-state index in [1.54, 1.807) is 19.3 Å². The Balaban J connectivity index is 2.72. The highest BCUT2D eigenvalue weighted by atomic mass is 16.3. The predicted octanol–water partition coefficient (Wildman–Crippen LogP) is 2.32. The van der Waals surface area contributed by atoms with Gasteiger partial charge in [0.2, 0.25) is 0 Å². The highest BCUT2D eigenvalue weighted by Gasteiger charge is 2.05. The van der Waals surface area contributed by atoms with E-state index in [-0.39, 0.29) is 0 Å². The molecule has 0 bridgehead atoms. The van der Waals surface area contributed by atoms with Gasteiger partial charge in [0, 0.05) is 6.92 Å². The van der Waals surface area contributed by atoms with Crippen LogP contribution in [0.15, 0.2) is 28.9 Å². The van der Waals surface area contributed by atoms with Gasteiger partial charge in [-0.1, -0.05) is 6.08 Å². The van der Waals surface area contributed by atoms with Gasteiger partial charge in [-0.2, -0.15) is 0 Å². The number of nitrogens with zero attached hydrogens (tertiary/aromatic N) is 1. The monoisotopic (exact) mass is 193 g/mol. The van der Waals surface area contributed by atoms with Gasteiger partial charge >= 0.3 is 0 Å². The number of rotatable bonds is 4. The van der Waals surface area contributed by atoms with Crippen molar-refractivity contribution < 1.29 is 9.52 Å². The molecule has 3 nitrogen and oxygen atoms in total. The maximum absolute atomic E-state index is 9.59. The van der Waals surface area contributed by atoms with Crippen LogP contribution in [-0.2, 0) is 0 Å². The molecule has 76 valence electrons. The van der Waals surface area contributed by atoms with Crippen LogP contribution in [0.3, 0.4) is 0 Å². The van der Waals surface area contributed by atoms with E-state index in [9.17, 15) is 5.11 Å². The third-order valence-corrected chi connectivity index (χ3v) is 1.93. The second-order valence-electron chi connectivity index (χ2n) is 3.22. The minimum absolute atomic E-state index is 0.482. The van der Waals surface area contributed by atoms with Crippen molar-refractivity contribution in [3.05, 3.63) is 36.1 Å². The maximum atomic E-state index is 9.59. The van der Waals surface area contributed by atoms with Gasteiger partial charge in [0.15, 0.2) is 5.89 Å². The third-order valence-electron chi connectivity index (χ3n) is 1.93. The van der Waals surface area contributed by atoms with Crippen molar-refractivity contribution >= 4 is 6.08 Å². The molecule has 0 spiro atoms. The van der Waals surface area contributed by atoms with Gasteiger partial charge in [-0.3, -0.25) is 0 Å². The minimum Gasteiger partial charge on any atom is -0.449 e. The molecule has 0 aromatic carbocycles. The first kappa shape index (κ1) is 10.7. The van der Waals surface area contributed by atoms with Crippen molar-refractivity contribution in [1.29, 1.82) is 0 Å². The smallest absolute Gasteiger partial charge is 0.191 e. The molecule has 14 heavy (non-hydrogen) atoms. The number of aliphatic hydroxyl groups is 1. The van der Waals surface area contributed by atoms with Crippen LogP contribution in [0.2, 0.25) is 0 Å². The molecule has 0 aliphatic heterocycles. The van der Waals surface area contributed by atoms with Crippen LogP contribution in [-0.4, -0.2) is 16.2 Å². The summed E-state index contributed by atoms with van der Waals surface area (Å²) in [6.45, 7) is 7.22. The van der Waals surface area contributed by atoms with Crippen LogP contribution in [0.5, 0.6) is 0 Å². The van der Waals surface area contributed by atoms with E-state index in [0.717, 1.165) is 11.3 Å². The average Bonchev–Trinajstić information content (AvgIpc) is 2.51. The predicted molar refractivity (Wildman–Crippen MR) is 55.7 cm³/mol. The number of aromatic nitrogens is 1. The average molecular weight is 193 g/mol. The summed E-state index contributed by atoms with van der Waals surface area (Å²) in [4.78, 5) is 4.11. The number of hydrogen-bond donors (Lipinski definition) is 1. The summed E-state index contributed by atoms with van der Waals surface area (Å²) in [7, 11) is 0. The van der Waals surface area contributed by atoms with Gasteiger partial charge in [-0.25, -0.2) is 4.98 Å². The summed E-state index contributed by atoms with van der Waals surface area (Å²) in [5, 5.41) is 9.59. The van der Waals surface area contributed by atoms with E-state index in [0.29, 0.717) is 12.3 Å². The molecule has 0 fully saturated rings. The molecular weight excluding hydrogens is 178 g/mol. The van der Waals surface area contributed by atoms with E-state index in [4.69, 9.17) is 4.42 Å². The second-order valence-corrected chi connectivity index (χ2v) is 3.22. The Bertz CT molecular complexity index is 339. The summed E-state index contributed by atoms with van der Waals surface area (Å²) in [5.74, 6) is 0.627. The molecule has 0 aliphatic carbocycles. The fourth-order valence-corrected chi connectivity index (χ4v) is 1.12. The first-order chi connectivity index (χ1) is 6.63. The molecule has 1 N–H and O–H groups in total. The normalized spacial score (nSPS) is 14.1. The zero-order valence-electron chi connectivity index (χ0n) is 8.53. The molecule has 3 heteroatoms. The summed E-state index contributed by atoms with van der Waals surface area (Å²) in [5.41, 5.74) is 1.60. The van der Waals surface area contributed by atoms with Crippen LogP contribution in [0, 0.1) is 6.92 Å². The lowest BCUT2D eigenvalue weighted by Gasteiger charge is -2.06. The number of oxazole rings is 1. The lowest BCUT2D eigenvalue weighted by molar-refractivity contribution is 0.215. The Morgan fingerprint density at radius 2 is 2.50 bits per heavy atom. The van der Waals surface area contributed by atoms with Gasteiger partial charge in [0.25, 0.3) is 0 Å². The summed E-state index contributed by atoms with van der Waals surface area (Å²) in [6.07, 6.45) is 5.14. The number of hydrogen-bond acceptors (Lipinski definition) is 3. The highest BCUT2D eigenvalue weighted by molar-refractivity contribution is 5.48. The summed E-state index contributed by atoms with van der Waals surface area (Å²) in [6, 6.07) is 0. The van der Waals surface area contributed by atoms with E-state index < -0.39 is 6.10 Å². The van der Waals surface area contributed by atoms with Crippen molar-refractivity contribution in [1.82, 2.24) is 4.98 Å². The summed E-state index contributed by atoms with van der Waals surface area (Å²) >= 11 is 0.